The van der Waals surface area contributed by atoms with E-state index in [1.807, 2.05) is 5.32 Å². The van der Waals surface area contributed by atoms with Gasteiger partial charge in [0.2, 0.25) is 11.8 Å². The predicted molar refractivity (Wildman–Crippen MR) is 81.6 cm³/mol. The number of amides is 2. The van der Waals surface area contributed by atoms with Gasteiger partial charge in [-0.3, -0.25) is 19.2 Å². The zero-order chi connectivity index (χ0) is 19.0. The molecule has 1 rings (SSSR count). The van der Waals surface area contributed by atoms with Gasteiger partial charge in [-0.15, -0.1) is 0 Å². The first-order valence-corrected chi connectivity index (χ1v) is 7.71. The normalized spacial score (nSPS) is 18.8. The predicted octanol–water partition coefficient (Wildman–Crippen LogP) is -1.87. The van der Waals surface area contributed by atoms with E-state index in [9.17, 15) is 24.0 Å². The van der Waals surface area contributed by atoms with Crippen LogP contribution in [0.25, 0.3) is 0 Å². The molecule has 2 amide bonds. The first kappa shape index (κ1) is 20.4. The van der Waals surface area contributed by atoms with Gasteiger partial charge in [0, 0.05) is 6.42 Å². The second-order valence-electron chi connectivity index (χ2n) is 5.64. The zero-order valence-corrected chi connectivity index (χ0v) is 13.4. The van der Waals surface area contributed by atoms with Crippen molar-refractivity contribution in [1.29, 1.82) is 0 Å². The molecule has 0 aromatic rings. The Kier molecular flexibility index (Phi) is 7.79. The third-order valence-electron chi connectivity index (χ3n) is 3.65. The molecule has 1 heterocycles. The maximum atomic E-state index is 12.2. The van der Waals surface area contributed by atoms with Gasteiger partial charge in [-0.1, -0.05) is 0 Å². The number of carboxylic acids is 3. The summed E-state index contributed by atoms with van der Waals surface area (Å²) in [6.45, 7) is 0.643. The first-order chi connectivity index (χ1) is 11.7. The number of carbonyl (C=O) groups is 5. The van der Waals surface area contributed by atoms with Crippen LogP contribution in [0, 0.1) is 0 Å². The fraction of sp³-hybridized carbons (Fsp3) is 0.643. The third-order valence-corrected chi connectivity index (χ3v) is 3.65. The molecule has 0 saturated carbocycles. The van der Waals surface area contributed by atoms with Gasteiger partial charge in [0.1, 0.15) is 12.1 Å². The molecule has 11 heteroatoms. The Morgan fingerprint density at radius 3 is 2.16 bits per heavy atom. The van der Waals surface area contributed by atoms with Crippen LogP contribution < -0.4 is 16.0 Å². The number of hydrogen-bond acceptors (Lipinski definition) is 6. The molecule has 1 aliphatic rings. The Bertz CT molecular complexity index is 544. The monoisotopic (exact) mass is 359 g/mol. The van der Waals surface area contributed by atoms with E-state index in [0.29, 0.717) is 13.0 Å². The van der Waals surface area contributed by atoms with E-state index in [4.69, 9.17) is 15.3 Å². The molecule has 0 radical (unpaired) electrons. The maximum Gasteiger partial charge on any atom is 0.326 e. The zero-order valence-electron chi connectivity index (χ0n) is 13.4. The van der Waals surface area contributed by atoms with Crippen LogP contribution in [0.15, 0.2) is 0 Å². The molecule has 1 fully saturated rings. The molecule has 0 aromatic heterocycles. The van der Waals surface area contributed by atoms with Crippen LogP contribution in [0.2, 0.25) is 0 Å². The fourth-order valence-corrected chi connectivity index (χ4v) is 2.36. The van der Waals surface area contributed by atoms with Gasteiger partial charge in [0.25, 0.3) is 0 Å². The minimum Gasteiger partial charge on any atom is -0.481 e. The van der Waals surface area contributed by atoms with Crippen molar-refractivity contribution in [1.82, 2.24) is 16.0 Å². The minimum atomic E-state index is -1.68. The highest BCUT2D eigenvalue weighted by Gasteiger charge is 2.30. The summed E-state index contributed by atoms with van der Waals surface area (Å²) in [5, 5.41) is 33.7. The number of carbonyl (C=O) groups excluding carboxylic acids is 2. The van der Waals surface area contributed by atoms with E-state index in [-0.39, 0.29) is 6.42 Å². The summed E-state index contributed by atoms with van der Waals surface area (Å²) >= 11 is 0. The number of carboxylic acid groups (broad SMARTS) is 3. The van der Waals surface area contributed by atoms with Gasteiger partial charge in [-0.2, -0.15) is 0 Å². The molecule has 11 nitrogen and oxygen atoms in total. The van der Waals surface area contributed by atoms with Gasteiger partial charge in [-0.25, -0.2) is 4.79 Å². The second kappa shape index (κ2) is 9.57. The average Bonchev–Trinajstić information content (AvgIpc) is 3.04. The van der Waals surface area contributed by atoms with Crippen LogP contribution in [0.5, 0.6) is 0 Å². The molecule has 0 spiro atoms. The van der Waals surface area contributed by atoms with Crippen molar-refractivity contribution in [3.05, 3.63) is 0 Å². The Morgan fingerprint density at radius 1 is 1.00 bits per heavy atom. The summed E-state index contributed by atoms with van der Waals surface area (Å²) in [7, 11) is 0. The molecule has 0 bridgehead atoms. The SMILES string of the molecule is O=C(O)CC[C@H](NC(=O)[C@@H]1CCCN1)C(=O)N[C@@H](CC(=O)O)C(=O)O. The summed E-state index contributed by atoms with van der Waals surface area (Å²) in [6.07, 6.45) is -0.170. The van der Waals surface area contributed by atoms with Crippen molar-refractivity contribution in [3.63, 3.8) is 0 Å². The number of hydrogen-bond donors (Lipinski definition) is 6. The van der Waals surface area contributed by atoms with E-state index in [1.165, 1.54) is 0 Å². The lowest BCUT2D eigenvalue weighted by atomic mass is 10.1. The highest BCUT2D eigenvalue weighted by Crippen LogP contribution is 2.07. The average molecular weight is 359 g/mol. The highest BCUT2D eigenvalue weighted by molar-refractivity contribution is 5.93. The van der Waals surface area contributed by atoms with Crippen LogP contribution in [0.4, 0.5) is 0 Å². The lowest BCUT2D eigenvalue weighted by Gasteiger charge is -2.22. The van der Waals surface area contributed by atoms with Gasteiger partial charge in [-0.05, 0) is 25.8 Å². The molecular formula is C14H21N3O8. The number of aliphatic carboxylic acids is 3. The maximum absolute atomic E-state index is 12.2. The van der Waals surface area contributed by atoms with E-state index < -0.39 is 60.7 Å². The first-order valence-electron chi connectivity index (χ1n) is 7.71. The van der Waals surface area contributed by atoms with Gasteiger partial charge in [0.15, 0.2) is 0 Å². The van der Waals surface area contributed by atoms with Crippen molar-refractivity contribution < 1.29 is 39.3 Å². The molecule has 140 valence electrons. The van der Waals surface area contributed by atoms with Gasteiger partial charge < -0.3 is 31.3 Å². The van der Waals surface area contributed by atoms with Crippen LogP contribution in [0.3, 0.4) is 0 Å². The molecule has 0 aromatic carbocycles. The van der Waals surface area contributed by atoms with Crippen LogP contribution >= 0.6 is 0 Å². The van der Waals surface area contributed by atoms with Crippen LogP contribution in [-0.4, -0.2) is 69.7 Å². The van der Waals surface area contributed by atoms with Crippen LogP contribution in [-0.2, 0) is 24.0 Å². The lowest BCUT2D eigenvalue weighted by molar-refractivity contribution is -0.147. The standard InChI is InChI=1S/C14H21N3O8/c18-10(19)4-3-8(16-12(22)7-2-1-5-15-7)13(23)17-9(14(24)25)6-11(20)21/h7-9,15H,1-6H2,(H,16,22)(H,17,23)(H,18,19)(H,20,21)(H,24,25)/t7-,8-,9-/m0/s1. The van der Waals surface area contributed by atoms with E-state index in [0.717, 1.165) is 6.42 Å². The van der Waals surface area contributed by atoms with E-state index in [2.05, 4.69) is 10.6 Å². The minimum absolute atomic E-state index is 0.251. The van der Waals surface area contributed by atoms with E-state index >= 15 is 0 Å². The quantitative estimate of drug-likeness (QED) is 0.260. The summed E-state index contributed by atoms with van der Waals surface area (Å²) < 4.78 is 0. The third kappa shape index (κ3) is 7.16. The van der Waals surface area contributed by atoms with Crippen molar-refractivity contribution in [2.24, 2.45) is 0 Å². The molecule has 1 aliphatic heterocycles. The molecule has 25 heavy (non-hydrogen) atoms. The smallest absolute Gasteiger partial charge is 0.326 e. The van der Waals surface area contributed by atoms with Crippen molar-refractivity contribution in [2.45, 2.75) is 50.2 Å². The molecule has 3 atom stereocenters. The topological polar surface area (TPSA) is 182 Å². The fourth-order valence-electron chi connectivity index (χ4n) is 2.36. The lowest BCUT2D eigenvalue weighted by Crippen LogP contribution is -2.54. The molecule has 6 N–H and O–H groups in total. The number of rotatable bonds is 10. The molecular weight excluding hydrogens is 338 g/mol. The van der Waals surface area contributed by atoms with Crippen LogP contribution in [0.1, 0.15) is 32.1 Å². The Morgan fingerprint density at radius 2 is 1.68 bits per heavy atom. The van der Waals surface area contributed by atoms with Gasteiger partial charge >= 0.3 is 17.9 Å². The summed E-state index contributed by atoms with van der Waals surface area (Å²) in [5.41, 5.74) is 0. The molecule has 1 saturated heterocycles. The van der Waals surface area contributed by atoms with E-state index in [1.54, 1.807) is 0 Å². The summed E-state index contributed by atoms with van der Waals surface area (Å²) in [6, 6.07) is -3.46. The number of nitrogens with one attached hydrogen (secondary N) is 3. The Hall–Kier alpha value is -2.69. The summed E-state index contributed by atoms with van der Waals surface area (Å²) in [4.78, 5) is 56.7. The molecule has 0 aliphatic carbocycles. The largest absolute Gasteiger partial charge is 0.481 e. The van der Waals surface area contributed by atoms with Crippen molar-refractivity contribution >= 4 is 29.7 Å². The van der Waals surface area contributed by atoms with Crippen molar-refractivity contribution in [3.8, 4) is 0 Å². The Balaban J connectivity index is 2.75. The summed E-state index contributed by atoms with van der Waals surface area (Å²) in [5.74, 6) is -5.59. The van der Waals surface area contributed by atoms with Gasteiger partial charge in [0.05, 0.1) is 12.5 Å². The Labute approximate surface area is 142 Å². The second-order valence-corrected chi connectivity index (χ2v) is 5.64. The molecule has 0 unspecified atom stereocenters. The highest BCUT2D eigenvalue weighted by atomic mass is 16.4. The van der Waals surface area contributed by atoms with Crippen molar-refractivity contribution in [2.75, 3.05) is 6.54 Å².